The highest BCUT2D eigenvalue weighted by atomic mass is 16.5. The number of nitrogens with zero attached hydrogens (tertiary/aromatic N) is 2. The third-order valence-corrected chi connectivity index (χ3v) is 2.38. The molecule has 1 atom stereocenters. The lowest BCUT2D eigenvalue weighted by Gasteiger charge is -2.09. The molecule has 100 valence electrons. The first kappa shape index (κ1) is 14.0. The number of methoxy groups -OCH3 is 2. The predicted octanol–water partition coefficient (Wildman–Crippen LogP) is 1.02. The van der Waals surface area contributed by atoms with Crippen LogP contribution in [0.15, 0.2) is 6.07 Å². The van der Waals surface area contributed by atoms with E-state index in [1.807, 2.05) is 0 Å². The topological polar surface area (TPSA) is 93.6 Å². The van der Waals surface area contributed by atoms with E-state index in [0.29, 0.717) is 30.7 Å². The van der Waals surface area contributed by atoms with E-state index >= 15 is 0 Å². The fourth-order valence-corrected chi connectivity index (χ4v) is 1.22. The Hall–Kier alpha value is -2.05. The summed E-state index contributed by atoms with van der Waals surface area (Å²) in [5.74, 6) is -0.110. The molecule has 2 N–H and O–H groups in total. The summed E-state index contributed by atoms with van der Waals surface area (Å²) in [6.45, 7) is 2.11. The van der Waals surface area contributed by atoms with Gasteiger partial charge in [0.15, 0.2) is 0 Å². The van der Waals surface area contributed by atoms with Gasteiger partial charge in [-0.15, -0.1) is 0 Å². The lowest BCUT2D eigenvalue weighted by molar-refractivity contribution is -0.141. The summed E-state index contributed by atoms with van der Waals surface area (Å²) >= 11 is 0. The van der Waals surface area contributed by atoms with Gasteiger partial charge in [-0.3, -0.25) is 4.79 Å². The first-order valence-electron chi connectivity index (χ1n) is 5.50. The van der Waals surface area contributed by atoms with Gasteiger partial charge in [0.05, 0.1) is 26.2 Å². The fourth-order valence-electron chi connectivity index (χ4n) is 1.22. The van der Waals surface area contributed by atoms with Gasteiger partial charge >= 0.3 is 5.97 Å². The Balaban J connectivity index is 2.58. The Bertz CT molecular complexity index is 389. The highest BCUT2D eigenvalue weighted by Gasteiger charge is 2.11. The first-order valence-corrected chi connectivity index (χ1v) is 5.50. The summed E-state index contributed by atoms with van der Waals surface area (Å²) in [5, 5.41) is 11.7. The van der Waals surface area contributed by atoms with Crippen molar-refractivity contribution in [2.24, 2.45) is 5.92 Å². The Morgan fingerprint density at radius 3 is 2.39 bits per heavy atom. The molecule has 0 amide bonds. The molecule has 0 fully saturated rings. The maximum absolute atomic E-state index is 10.6. The van der Waals surface area contributed by atoms with Gasteiger partial charge in [-0.1, -0.05) is 6.92 Å². The second-order valence-electron chi connectivity index (χ2n) is 3.73. The van der Waals surface area contributed by atoms with Crippen molar-refractivity contribution in [3.8, 4) is 11.8 Å². The number of ether oxygens (including phenoxy) is 2. The van der Waals surface area contributed by atoms with Crippen LogP contribution < -0.4 is 14.8 Å². The molecule has 0 aromatic carbocycles. The van der Waals surface area contributed by atoms with Gasteiger partial charge in [-0.25, -0.2) is 0 Å². The van der Waals surface area contributed by atoms with Crippen molar-refractivity contribution in [1.82, 2.24) is 9.97 Å². The molecular formula is C11H17N3O4. The molecule has 0 aliphatic heterocycles. The quantitative estimate of drug-likeness (QED) is 0.751. The number of carboxylic acids is 1. The van der Waals surface area contributed by atoms with Gasteiger partial charge in [-0.2, -0.15) is 9.97 Å². The number of aliphatic carboxylic acids is 1. The van der Waals surface area contributed by atoms with Gasteiger partial charge in [0.25, 0.3) is 0 Å². The average Bonchev–Trinajstić information content (AvgIpc) is 2.37. The van der Waals surface area contributed by atoms with Crippen molar-refractivity contribution in [2.45, 2.75) is 13.3 Å². The number of hydrogen-bond acceptors (Lipinski definition) is 6. The number of nitrogens with one attached hydrogen (secondary N) is 1. The fraction of sp³-hybridized carbons (Fsp3) is 0.545. The lowest BCUT2D eigenvalue weighted by Crippen LogP contribution is -2.15. The first-order chi connectivity index (χ1) is 8.56. The monoisotopic (exact) mass is 255 g/mol. The molecule has 0 saturated heterocycles. The van der Waals surface area contributed by atoms with Crippen LogP contribution in [0.2, 0.25) is 0 Å². The van der Waals surface area contributed by atoms with Crippen molar-refractivity contribution >= 4 is 11.9 Å². The number of rotatable bonds is 7. The van der Waals surface area contributed by atoms with Crippen molar-refractivity contribution < 1.29 is 19.4 Å². The molecule has 0 aliphatic rings. The van der Waals surface area contributed by atoms with E-state index < -0.39 is 11.9 Å². The minimum absolute atomic E-state index is 0.351. The van der Waals surface area contributed by atoms with Crippen molar-refractivity contribution in [3.63, 3.8) is 0 Å². The third kappa shape index (κ3) is 4.08. The van der Waals surface area contributed by atoms with E-state index in [2.05, 4.69) is 15.3 Å². The van der Waals surface area contributed by atoms with E-state index in [0.717, 1.165) is 0 Å². The number of hydrogen-bond donors (Lipinski definition) is 2. The smallest absolute Gasteiger partial charge is 0.306 e. The molecule has 1 aromatic rings. The number of anilines is 1. The molecule has 7 nitrogen and oxygen atoms in total. The highest BCUT2D eigenvalue weighted by molar-refractivity contribution is 5.69. The van der Waals surface area contributed by atoms with Gasteiger partial charge in [0, 0.05) is 6.54 Å². The van der Waals surface area contributed by atoms with Crippen LogP contribution in [0.5, 0.6) is 11.8 Å². The Kier molecular flexibility index (Phi) is 5.16. The second kappa shape index (κ2) is 6.63. The van der Waals surface area contributed by atoms with E-state index in [4.69, 9.17) is 14.6 Å². The van der Waals surface area contributed by atoms with Crippen LogP contribution in [0.4, 0.5) is 5.95 Å². The Labute approximate surface area is 105 Å². The van der Waals surface area contributed by atoms with Crippen LogP contribution in [-0.2, 0) is 4.79 Å². The van der Waals surface area contributed by atoms with Crippen molar-refractivity contribution in [3.05, 3.63) is 6.07 Å². The average molecular weight is 255 g/mol. The molecular weight excluding hydrogens is 238 g/mol. The van der Waals surface area contributed by atoms with Crippen LogP contribution in [-0.4, -0.2) is 41.8 Å². The van der Waals surface area contributed by atoms with Crippen LogP contribution >= 0.6 is 0 Å². The Morgan fingerprint density at radius 2 is 1.94 bits per heavy atom. The highest BCUT2D eigenvalue weighted by Crippen LogP contribution is 2.17. The van der Waals surface area contributed by atoms with Gasteiger partial charge in [0.2, 0.25) is 17.7 Å². The summed E-state index contributed by atoms with van der Waals surface area (Å²) in [7, 11) is 3.00. The van der Waals surface area contributed by atoms with Gasteiger partial charge in [0.1, 0.15) is 0 Å². The van der Waals surface area contributed by atoms with Crippen LogP contribution in [0.3, 0.4) is 0 Å². The maximum atomic E-state index is 10.6. The standard InChI is InChI=1S/C11H17N3O4/c1-7(10(15)16)4-5-12-11-13-8(17-2)6-9(14-11)18-3/h6-7H,4-5H2,1-3H3,(H,15,16)(H,12,13,14). The molecule has 1 heterocycles. The zero-order chi connectivity index (χ0) is 13.5. The second-order valence-corrected chi connectivity index (χ2v) is 3.73. The van der Waals surface area contributed by atoms with Crippen LogP contribution in [0.25, 0.3) is 0 Å². The van der Waals surface area contributed by atoms with E-state index in [1.165, 1.54) is 14.2 Å². The predicted molar refractivity (Wildman–Crippen MR) is 65.0 cm³/mol. The minimum atomic E-state index is -0.819. The normalized spacial score (nSPS) is 11.7. The van der Waals surface area contributed by atoms with Crippen LogP contribution in [0.1, 0.15) is 13.3 Å². The van der Waals surface area contributed by atoms with E-state index in [9.17, 15) is 4.79 Å². The summed E-state index contributed by atoms with van der Waals surface area (Å²) in [5.41, 5.74) is 0. The minimum Gasteiger partial charge on any atom is -0.481 e. The summed E-state index contributed by atoms with van der Waals surface area (Å²) < 4.78 is 10.00. The van der Waals surface area contributed by atoms with E-state index in [-0.39, 0.29) is 0 Å². The lowest BCUT2D eigenvalue weighted by atomic mass is 10.1. The molecule has 0 saturated carbocycles. The molecule has 7 heteroatoms. The summed E-state index contributed by atoms with van der Waals surface area (Å²) in [4.78, 5) is 18.8. The zero-order valence-electron chi connectivity index (χ0n) is 10.6. The third-order valence-electron chi connectivity index (χ3n) is 2.38. The summed E-state index contributed by atoms with van der Waals surface area (Å²) in [6.07, 6.45) is 0.484. The summed E-state index contributed by atoms with van der Waals surface area (Å²) in [6, 6.07) is 1.56. The number of carboxylic acid groups (broad SMARTS) is 1. The zero-order valence-corrected chi connectivity index (χ0v) is 10.6. The maximum Gasteiger partial charge on any atom is 0.306 e. The largest absolute Gasteiger partial charge is 0.481 e. The molecule has 18 heavy (non-hydrogen) atoms. The van der Waals surface area contributed by atoms with Gasteiger partial charge in [-0.05, 0) is 6.42 Å². The SMILES string of the molecule is COc1cc(OC)nc(NCCC(C)C(=O)O)n1. The Morgan fingerprint density at radius 1 is 1.39 bits per heavy atom. The molecule has 1 unspecified atom stereocenters. The molecule has 1 rings (SSSR count). The van der Waals surface area contributed by atoms with Crippen molar-refractivity contribution in [2.75, 3.05) is 26.1 Å². The molecule has 0 spiro atoms. The molecule has 0 aliphatic carbocycles. The molecule has 0 radical (unpaired) electrons. The molecule has 0 bridgehead atoms. The van der Waals surface area contributed by atoms with Gasteiger partial charge < -0.3 is 19.9 Å². The number of aromatic nitrogens is 2. The number of carbonyl (C=O) groups is 1. The van der Waals surface area contributed by atoms with E-state index in [1.54, 1.807) is 13.0 Å². The van der Waals surface area contributed by atoms with Crippen molar-refractivity contribution in [1.29, 1.82) is 0 Å². The molecule has 1 aromatic heterocycles. The van der Waals surface area contributed by atoms with Crippen LogP contribution in [0, 0.1) is 5.92 Å².